The molecule has 0 heterocycles. The molecular formula is C20H42NO7P. The molecule has 9 heteroatoms. The van der Waals surface area contributed by atoms with Crippen LogP contribution in [0, 0.1) is 0 Å². The van der Waals surface area contributed by atoms with Crippen LogP contribution in [-0.4, -0.2) is 73.6 Å². The number of hydrogen-bond donors (Lipinski definition) is 2. The van der Waals surface area contributed by atoms with Crippen LogP contribution in [0.5, 0.6) is 0 Å². The zero-order chi connectivity index (χ0) is 22.3. The molecule has 3 atom stereocenters. The third-order valence-corrected chi connectivity index (χ3v) is 5.47. The Kier molecular flexibility index (Phi) is 15.3. The molecule has 0 radical (unpaired) electrons. The molecule has 0 aromatic heterocycles. The molecule has 0 amide bonds. The first-order valence-electron chi connectivity index (χ1n) is 10.8. The third-order valence-electron chi connectivity index (χ3n) is 4.49. The number of Topliss-reactive ketones (excluding diaryl/α,β-unsaturated/α-hetero) is 1. The van der Waals surface area contributed by atoms with Gasteiger partial charge in [-0.25, -0.2) is 0 Å². The Balaban J connectivity index is 4.42. The van der Waals surface area contributed by atoms with Gasteiger partial charge in [0.15, 0.2) is 11.9 Å². The van der Waals surface area contributed by atoms with E-state index in [4.69, 9.17) is 9.63 Å². The molecule has 0 aliphatic heterocycles. The summed E-state index contributed by atoms with van der Waals surface area (Å²) >= 11 is 0. The number of likely N-dealkylation sites (N-methyl/N-ethyl adjacent to an activating group) is 1. The van der Waals surface area contributed by atoms with Gasteiger partial charge in [0.25, 0.3) is 7.82 Å². The van der Waals surface area contributed by atoms with Crippen molar-refractivity contribution in [3.8, 4) is 0 Å². The standard InChI is InChI=1S/C20H42NO7P/c1-5-6-7-8-9-10-11-12-13-14-19(24)20(15-21(2,3)4)28-29(25,26)27-17-18(23)16-22/h18,20,22-23H,5-17H2,1-4H3/t18-,20?/m1/s1. The smallest absolute Gasteiger partial charge is 0.268 e. The van der Waals surface area contributed by atoms with Gasteiger partial charge in [-0.05, 0) is 6.42 Å². The zero-order valence-corrected chi connectivity index (χ0v) is 19.6. The Morgan fingerprint density at radius 3 is 2.03 bits per heavy atom. The number of hydrogen-bond acceptors (Lipinski definition) is 7. The second-order valence-corrected chi connectivity index (χ2v) is 10.1. The maximum Gasteiger partial charge on any atom is 0.268 e. The summed E-state index contributed by atoms with van der Waals surface area (Å²) in [5, 5.41) is 18.0. The molecular weight excluding hydrogens is 397 g/mol. The van der Waals surface area contributed by atoms with Crippen molar-refractivity contribution < 1.29 is 38.0 Å². The lowest BCUT2D eigenvalue weighted by molar-refractivity contribution is -0.872. The quantitative estimate of drug-likeness (QED) is 0.180. The molecule has 0 rings (SSSR count). The van der Waals surface area contributed by atoms with E-state index >= 15 is 0 Å². The zero-order valence-electron chi connectivity index (χ0n) is 18.7. The molecule has 0 bridgehead atoms. The number of unbranched alkanes of at least 4 members (excludes halogenated alkanes) is 8. The minimum atomic E-state index is -4.77. The fourth-order valence-electron chi connectivity index (χ4n) is 2.88. The van der Waals surface area contributed by atoms with E-state index in [0.29, 0.717) is 10.9 Å². The van der Waals surface area contributed by atoms with Gasteiger partial charge in [-0.3, -0.25) is 9.36 Å². The Hall–Kier alpha value is -0.340. The molecule has 0 saturated heterocycles. The lowest BCUT2D eigenvalue weighted by atomic mass is 10.0. The summed E-state index contributed by atoms with van der Waals surface area (Å²) in [6.45, 7) is 1.15. The SMILES string of the molecule is CCCCCCCCCCCC(=O)C(C[N+](C)(C)C)OP(=O)([O-])OC[C@H](O)CO. The predicted molar refractivity (Wildman–Crippen MR) is 111 cm³/mol. The van der Waals surface area contributed by atoms with E-state index in [9.17, 15) is 19.4 Å². The highest BCUT2D eigenvalue weighted by molar-refractivity contribution is 7.45. The molecule has 2 unspecified atom stereocenters. The van der Waals surface area contributed by atoms with Crippen molar-refractivity contribution in [1.29, 1.82) is 0 Å². The van der Waals surface area contributed by atoms with Gasteiger partial charge in [0, 0.05) is 6.42 Å². The highest BCUT2D eigenvalue weighted by Crippen LogP contribution is 2.40. The van der Waals surface area contributed by atoms with E-state index < -0.39 is 33.2 Å². The Morgan fingerprint density at radius 2 is 1.55 bits per heavy atom. The molecule has 0 saturated carbocycles. The van der Waals surface area contributed by atoms with Gasteiger partial charge in [0.05, 0.1) is 34.4 Å². The lowest BCUT2D eigenvalue weighted by Crippen LogP contribution is -2.45. The molecule has 0 spiro atoms. The molecule has 0 aliphatic carbocycles. The summed E-state index contributed by atoms with van der Waals surface area (Å²) in [5.41, 5.74) is 0. The minimum absolute atomic E-state index is 0.189. The number of phosphoric acid groups is 1. The minimum Gasteiger partial charge on any atom is -0.756 e. The van der Waals surface area contributed by atoms with Crippen LogP contribution in [-0.2, 0) is 18.4 Å². The number of phosphoric ester groups is 1. The first kappa shape index (κ1) is 28.7. The van der Waals surface area contributed by atoms with E-state index in [1.165, 1.54) is 32.1 Å². The monoisotopic (exact) mass is 439 g/mol. The van der Waals surface area contributed by atoms with Crippen molar-refractivity contribution in [2.24, 2.45) is 0 Å². The first-order valence-corrected chi connectivity index (χ1v) is 12.2. The van der Waals surface area contributed by atoms with Gasteiger partial charge in [0.2, 0.25) is 0 Å². The summed E-state index contributed by atoms with van der Waals surface area (Å²) in [4.78, 5) is 24.6. The summed E-state index contributed by atoms with van der Waals surface area (Å²) in [6, 6.07) is 0. The van der Waals surface area contributed by atoms with Crippen LogP contribution in [0.2, 0.25) is 0 Å². The van der Waals surface area contributed by atoms with Crippen molar-refractivity contribution in [3.63, 3.8) is 0 Å². The van der Waals surface area contributed by atoms with Crippen molar-refractivity contribution in [2.75, 3.05) is 40.9 Å². The Morgan fingerprint density at radius 1 is 1.03 bits per heavy atom. The molecule has 2 N–H and O–H groups in total. The van der Waals surface area contributed by atoms with Crippen molar-refractivity contribution >= 4 is 13.6 Å². The van der Waals surface area contributed by atoms with Crippen LogP contribution >= 0.6 is 7.82 Å². The highest BCUT2D eigenvalue weighted by atomic mass is 31.2. The van der Waals surface area contributed by atoms with E-state index in [0.717, 1.165) is 19.3 Å². The first-order chi connectivity index (χ1) is 13.5. The third kappa shape index (κ3) is 17.1. The van der Waals surface area contributed by atoms with Crippen molar-refractivity contribution in [3.05, 3.63) is 0 Å². The average Bonchev–Trinajstić information content (AvgIpc) is 2.62. The van der Waals surface area contributed by atoms with Gasteiger partial charge in [-0.2, -0.15) is 0 Å². The van der Waals surface area contributed by atoms with E-state index in [1.807, 2.05) is 21.1 Å². The fourth-order valence-corrected chi connectivity index (χ4v) is 3.79. The second-order valence-electron chi connectivity index (χ2n) is 8.69. The normalized spacial score (nSPS) is 16.4. The largest absolute Gasteiger partial charge is 0.756 e. The molecule has 0 aliphatic rings. The molecule has 174 valence electrons. The molecule has 0 fully saturated rings. The summed E-state index contributed by atoms with van der Waals surface area (Å²) < 4.78 is 22.0. The number of carbonyl (C=O) groups excluding carboxylic acids is 1. The van der Waals surface area contributed by atoms with Crippen molar-refractivity contribution in [2.45, 2.75) is 83.3 Å². The van der Waals surface area contributed by atoms with Gasteiger partial charge >= 0.3 is 0 Å². The molecule has 0 aromatic carbocycles. The fraction of sp³-hybridized carbons (Fsp3) is 0.950. The van der Waals surface area contributed by atoms with Crippen LogP contribution in [0.3, 0.4) is 0 Å². The predicted octanol–water partition coefficient (Wildman–Crippen LogP) is 2.41. The molecule has 29 heavy (non-hydrogen) atoms. The number of rotatable bonds is 19. The van der Waals surface area contributed by atoms with E-state index in [-0.39, 0.29) is 18.7 Å². The second kappa shape index (κ2) is 15.5. The Labute approximate surface area is 176 Å². The van der Waals surface area contributed by atoms with Crippen molar-refractivity contribution in [1.82, 2.24) is 0 Å². The number of nitrogens with zero attached hydrogens (tertiary/aromatic N) is 1. The van der Waals surface area contributed by atoms with E-state index in [2.05, 4.69) is 11.4 Å². The van der Waals surface area contributed by atoms with Gasteiger partial charge in [-0.1, -0.05) is 58.3 Å². The number of aliphatic hydroxyl groups is 2. The lowest BCUT2D eigenvalue weighted by Gasteiger charge is -2.32. The van der Waals surface area contributed by atoms with Crippen LogP contribution in [0.25, 0.3) is 0 Å². The maximum absolute atomic E-state index is 12.6. The van der Waals surface area contributed by atoms with Crippen LogP contribution in [0.4, 0.5) is 0 Å². The van der Waals surface area contributed by atoms with Crippen LogP contribution in [0.1, 0.15) is 71.1 Å². The topological polar surface area (TPSA) is 116 Å². The summed E-state index contributed by atoms with van der Waals surface area (Å²) in [7, 11) is 0.754. The van der Waals surface area contributed by atoms with Crippen LogP contribution in [0.15, 0.2) is 0 Å². The number of ketones is 1. The van der Waals surface area contributed by atoms with Crippen LogP contribution < -0.4 is 4.89 Å². The number of aliphatic hydroxyl groups excluding tert-OH is 2. The van der Waals surface area contributed by atoms with E-state index in [1.54, 1.807) is 0 Å². The molecule has 8 nitrogen and oxygen atoms in total. The number of quaternary nitrogens is 1. The highest BCUT2D eigenvalue weighted by Gasteiger charge is 2.30. The Bertz CT molecular complexity index is 482. The number of carbonyl (C=O) groups is 1. The van der Waals surface area contributed by atoms with Gasteiger partial charge < -0.3 is 28.6 Å². The molecule has 0 aromatic rings. The van der Waals surface area contributed by atoms with Gasteiger partial charge in [-0.15, -0.1) is 0 Å². The van der Waals surface area contributed by atoms with Gasteiger partial charge in [0.1, 0.15) is 12.6 Å². The summed E-state index contributed by atoms with van der Waals surface area (Å²) in [6.07, 6.45) is 7.97. The summed E-state index contributed by atoms with van der Waals surface area (Å²) in [5.74, 6) is -0.261. The average molecular weight is 440 g/mol. The maximum atomic E-state index is 12.6.